The minimum atomic E-state index is -0.207. The Bertz CT molecular complexity index is 295. The summed E-state index contributed by atoms with van der Waals surface area (Å²) in [5, 5.41) is 18.3. The molecule has 0 aromatic carbocycles. The third-order valence-electron chi connectivity index (χ3n) is 1.81. The largest absolute Gasteiger partial charge is 0.506 e. The summed E-state index contributed by atoms with van der Waals surface area (Å²) in [6.07, 6.45) is 1.57. The zero-order valence-corrected chi connectivity index (χ0v) is 9.36. The molecule has 0 aliphatic carbocycles. The molecule has 0 spiro atoms. The van der Waals surface area contributed by atoms with Gasteiger partial charge in [0.05, 0.1) is 12.3 Å². The SMILES string of the molecule is Cc1ncc(CN)c(CO)c1O.Cl.Cl. The first kappa shape index (κ1) is 15.9. The molecule has 0 fully saturated rings. The van der Waals surface area contributed by atoms with E-state index in [9.17, 15) is 5.11 Å². The molecule has 0 radical (unpaired) electrons. The monoisotopic (exact) mass is 240 g/mol. The fourth-order valence-electron chi connectivity index (χ4n) is 1.04. The molecular formula is C8H14Cl2N2O2. The maximum Gasteiger partial charge on any atom is 0.142 e. The summed E-state index contributed by atoms with van der Waals surface area (Å²) < 4.78 is 0. The van der Waals surface area contributed by atoms with Crippen molar-refractivity contribution < 1.29 is 10.2 Å². The maximum atomic E-state index is 9.43. The van der Waals surface area contributed by atoms with Crippen molar-refractivity contribution in [1.82, 2.24) is 4.98 Å². The van der Waals surface area contributed by atoms with E-state index in [0.717, 1.165) is 0 Å². The van der Waals surface area contributed by atoms with Crippen LogP contribution in [0.3, 0.4) is 0 Å². The van der Waals surface area contributed by atoms with Crippen molar-refractivity contribution in [1.29, 1.82) is 0 Å². The molecule has 0 atom stereocenters. The zero-order valence-electron chi connectivity index (χ0n) is 7.73. The first-order chi connectivity index (χ1) is 5.70. The van der Waals surface area contributed by atoms with Gasteiger partial charge in [0, 0.05) is 18.3 Å². The smallest absolute Gasteiger partial charge is 0.142 e. The van der Waals surface area contributed by atoms with Gasteiger partial charge in [-0.05, 0) is 12.5 Å². The molecule has 0 saturated carbocycles. The molecule has 14 heavy (non-hydrogen) atoms. The van der Waals surface area contributed by atoms with Gasteiger partial charge in [0.15, 0.2) is 0 Å². The number of hydrogen-bond donors (Lipinski definition) is 3. The van der Waals surface area contributed by atoms with Crippen LogP contribution in [0.25, 0.3) is 0 Å². The number of hydrogen-bond acceptors (Lipinski definition) is 4. The minimum Gasteiger partial charge on any atom is -0.506 e. The molecule has 1 aromatic rings. The van der Waals surface area contributed by atoms with Gasteiger partial charge in [0.25, 0.3) is 0 Å². The lowest BCUT2D eigenvalue weighted by molar-refractivity contribution is 0.273. The van der Waals surface area contributed by atoms with Crippen LogP contribution in [-0.4, -0.2) is 15.2 Å². The van der Waals surface area contributed by atoms with Crippen LogP contribution < -0.4 is 5.73 Å². The van der Waals surface area contributed by atoms with Crippen LogP contribution in [0.5, 0.6) is 5.75 Å². The number of aliphatic hydroxyl groups excluding tert-OH is 1. The van der Waals surface area contributed by atoms with Crippen LogP contribution in [0.1, 0.15) is 16.8 Å². The predicted octanol–water partition coefficient (Wildman–Crippen LogP) is 0.890. The van der Waals surface area contributed by atoms with Crippen LogP contribution >= 0.6 is 24.8 Å². The first-order valence-electron chi connectivity index (χ1n) is 3.68. The highest BCUT2D eigenvalue weighted by atomic mass is 35.5. The number of pyridine rings is 1. The number of halogens is 2. The molecule has 1 aromatic heterocycles. The van der Waals surface area contributed by atoms with Crippen LogP contribution in [0.4, 0.5) is 0 Å². The Balaban J connectivity index is 0. The van der Waals surface area contributed by atoms with Crippen molar-refractivity contribution in [2.24, 2.45) is 5.73 Å². The molecule has 1 heterocycles. The normalized spacial score (nSPS) is 8.79. The summed E-state index contributed by atoms with van der Waals surface area (Å²) in [7, 11) is 0. The second-order valence-electron chi connectivity index (χ2n) is 2.56. The van der Waals surface area contributed by atoms with Gasteiger partial charge in [-0.1, -0.05) is 0 Å². The van der Waals surface area contributed by atoms with E-state index in [2.05, 4.69) is 4.98 Å². The molecule has 82 valence electrons. The molecule has 4 N–H and O–H groups in total. The molecule has 0 aliphatic rings. The first-order valence-corrected chi connectivity index (χ1v) is 3.68. The van der Waals surface area contributed by atoms with Crippen LogP contribution in [0.15, 0.2) is 6.20 Å². The van der Waals surface area contributed by atoms with E-state index in [0.29, 0.717) is 16.8 Å². The summed E-state index contributed by atoms with van der Waals surface area (Å²) in [6.45, 7) is 1.74. The van der Waals surface area contributed by atoms with E-state index in [1.807, 2.05) is 0 Å². The summed E-state index contributed by atoms with van der Waals surface area (Å²) in [5.74, 6) is 0.0421. The molecule has 0 bridgehead atoms. The number of rotatable bonds is 2. The zero-order chi connectivity index (χ0) is 9.14. The Morgan fingerprint density at radius 3 is 2.43 bits per heavy atom. The number of nitrogens with zero attached hydrogens (tertiary/aromatic N) is 1. The number of nitrogens with two attached hydrogens (primary N) is 1. The van der Waals surface area contributed by atoms with Gasteiger partial charge < -0.3 is 15.9 Å². The van der Waals surface area contributed by atoms with E-state index in [4.69, 9.17) is 10.8 Å². The van der Waals surface area contributed by atoms with E-state index >= 15 is 0 Å². The van der Waals surface area contributed by atoms with E-state index in [-0.39, 0.29) is 43.7 Å². The van der Waals surface area contributed by atoms with Gasteiger partial charge in [-0.25, -0.2) is 0 Å². The predicted molar refractivity (Wildman–Crippen MR) is 58.9 cm³/mol. The maximum absolute atomic E-state index is 9.43. The topological polar surface area (TPSA) is 79.4 Å². The van der Waals surface area contributed by atoms with Crippen molar-refractivity contribution in [2.45, 2.75) is 20.1 Å². The molecule has 0 amide bonds. The molecule has 0 aliphatic heterocycles. The molecule has 0 saturated heterocycles. The van der Waals surface area contributed by atoms with Gasteiger partial charge in [0.2, 0.25) is 0 Å². The highest BCUT2D eigenvalue weighted by molar-refractivity contribution is 5.85. The van der Waals surface area contributed by atoms with E-state index < -0.39 is 0 Å². The summed E-state index contributed by atoms with van der Waals surface area (Å²) in [4.78, 5) is 3.92. The molecular weight excluding hydrogens is 227 g/mol. The van der Waals surface area contributed by atoms with E-state index in [1.165, 1.54) is 0 Å². The highest BCUT2D eigenvalue weighted by Crippen LogP contribution is 2.22. The van der Waals surface area contributed by atoms with Gasteiger partial charge in [-0.2, -0.15) is 0 Å². The van der Waals surface area contributed by atoms with Crippen LogP contribution in [0.2, 0.25) is 0 Å². The summed E-state index contributed by atoms with van der Waals surface area (Å²) >= 11 is 0. The van der Waals surface area contributed by atoms with Gasteiger partial charge in [-0.15, -0.1) is 24.8 Å². The molecule has 1 rings (SSSR count). The lowest BCUT2D eigenvalue weighted by atomic mass is 10.1. The Kier molecular flexibility index (Phi) is 7.77. The minimum absolute atomic E-state index is 0. The number of aryl methyl sites for hydroxylation is 1. The Hall–Kier alpha value is -0.550. The quantitative estimate of drug-likeness (QED) is 0.718. The van der Waals surface area contributed by atoms with Crippen molar-refractivity contribution in [2.75, 3.05) is 0 Å². The van der Waals surface area contributed by atoms with Gasteiger partial charge >= 0.3 is 0 Å². The number of aliphatic hydroxyl groups is 1. The molecule has 4 nitrogen and oxygen atoms in total. The lowest BCUT2D eigenvalue weighted by Crippen LogP contribution is -2.04. The second kappa shape index (κ2) is 6.84. The number of aromatic hydroxyl groups is 1. The van der Waals surface area contributed by atoms with Gasteiger partial charge in [-0.3, -0.25) is 4.98 Å². The highest BCUT2D eigenvalue weighted by Gasteiger charge is 2.08. The Labute approximate surface area is 95.0 Å². The van der Waals surface area contributed by atoms with Crippen molar-refractivity contribution >= 4 is 24.8 Å². The Morgan fingerprint density at radius 2 is 2.00 bits per heavy atom. The van der Waals surface area contributed by atoms with Crippen molar-refractivity contribution in [3.05, 3.63) is 23.0 Å². The van der Waals surface area contributed by atoms with Gasteiger partial charge in [0.1, 0.15) is 5.75 Å². The standard InChI is InChI=1S/C8H12N2O2.2ClH/c1-5-8(12)7(4-11)6(2-9)3-10-5;;/h3,11-12H,2,4,9H2,1H3;2*1H. The van der Waals surface area contributed by atoms with Crippen LogP contribution in [0, 0.1) is 6.92 Å². The Morgan fingerprint density at radius 1 is 1.43 bits per heavy atom. The molecule has 0 unspecified atom stereocenters. The molecule has 6 heteroatoms. The lowest BCUT2D eigenvalue weighted by Gasteiger charge is -2.08. The average Bonchev–Trinajstić information content (AvgIpc) is 2.09. The fourth-order valence-corrected chi connectivity index (χ4v) is 1.04. The second-order valence-corrected chi connectivity index (χ2v) is 2.56. The summed E-state index contributed by atoms with van der Waals surface area (Å²) in [6, 6.07) is 0. The summed E-state index contributed by atoms with van der Waals surface area (Å²) in [5.41, 5.74) is 7.05. The van der Waals surface area contributed by atoms with Crippen LogP contribution in [-0.2, 0) is 13.2 Å². The fraction of sp³-hybridized carbons (Fsp3) is 0.375. The van der Waals surface area contributed by atoms with Crippen molar-refractivity contribution in [3.8, 4) is 5.75 Å². The average molecular weight is 241 g/mol. The number of aromatic nitrogens is 1. The third kappa shape index (κ3) is 2.99. The van der Waals surface area contributed by atoms with E-state index in [1.54, 1.807) is 13.1 Å². The van der Waals surface area contributed by atoms with Crippen molar-refractivity contribution in [3.63, 3.8) is 0 Å². The third-order valence-corrected chi connectivity index (χ3v) is 1.81.